The van der Waals surface area contributed by atoms with E-state index in [-0.39, 0.29) is 36.8 Å². The number of carbonyl (C=O) groups is 1. The van der Waals surface area contributed by atoms with Gasteiger partial charge in [-0.05, 0) is 37.7 Å². The van der Waals surface area contributed by atoms with Crippen molar-refractivity contribution in [1.82, 2.24) is 15.6 Å². The van der Waals surface area contributed by atoms with E-state index in [1.165, 1.54) is 0 Å². The highest BCUT2D eigenvalue weighted by Crippen LogP contribution is 2.22. The van der Waals surface area contributed by atoms with Crippen molar-refractivity contribution in [2.75, 3.05) is 13.1 Å². The minimum absolute atomic E-state index is 0. The van der Waals surface area contributed by atoms with Gasteiger partial charge in [0.2, 0.25) is 5.91 Å². The Morgan fingerprint density at radius 3 is 2.60 bits per heavy atom. The molecule has 1 aromatic heterocycles. The van der Waals surface area contributed by atoms with Gasteiger partial charge in [0.15, 0.2) is 11.7 Å². The average Bonchev–Trinajstić information content (AvgIpc) is 3.01. The molecule has 2 rings (SSSR count). The van der Waals surface area contributed by atoms with Crippen molar-refractivity contribution in [1.29, 1.82) is 0 Å². The molecule has 1 heterocycles. The topological polar surface area (TPSA) is 67.2 Å². The molecule has 0 bridgehead atoms. The largest absolute Gasteiger partial charge is 0.441 e. The summed E-state index contributed by atoms with van der Waals surface area (Å²) in [7, 11) is 0. The first-order chi connectivity index (χ1) is 11.1. The van der Waals surface area contributed by atoms with E-state index >= 15 is 0 Å². The Hall–Kier alpha value is -1.27. The number of aryl methyl sites for hydroxylation is 1. The Kier molecular flexibility index (Phi) is 11.5. The monoisotopic (exact) mass is 407 g/mol. The third-order valence-electron chi connectivity index (χ3n) is 3.41. The van der Waals surface area contributed by atoms with Crippen LogP contribution in [0.3, 0.4) is 0 Å². The summed E-state index contributed by atoms with van der Waals surface area (Å²) in [6, 6.07) is 7.63. The molecular formula is C17H24Cl3N3O2. The van der Waals surface area contributed by atoms with Crippen molar-refractivity contribution in [3.05, 3.63) is 41.4 Å². The van der Waals surface area contributed by atoms with Crippen LogP contribution in [0.4, 0.5) is 0 Å². The van der Waals surface area contributed by atoms with E-state index in [1.807, 2.05) is 26.0 Å². The van der Waals surface area contributed by atoms with Crippen molar-refractivity contribution in [3.63, 3.8) is 0 Å². The zero-order chi connectivity index (χ0) is 16.7. The molecular weight excluding hydrogens is 385 g/mol. The smallest absolute Gasteiger partial charge is 0.220 e. The number of likely N-dealkylation sites (N-methyl/N-ethyl adjacent to an activating group) is 1. The lowest BCUT2D eigenvalue weighted by molar-refractivity contribution is -0.121. The molecule has 1 amide bonds. The van der Waals surface area contributed by atoms with Gasteiger partial charge in [-0.2, -0.15) is 0 Å². The van der Waals surface area contributed by atoms with Crippen LogP contribution in [-0.2, 0) is 11.2 Å². The van der Waals surface area contributed by atoms with Crippen LogP contribution in [0, 0.1) is 0 Å². The van der Waals surface area contributed by atoms with Crippen LogP contribution in [0.2, 0.25) is 5.02 Å². The molecule has 2 aromatic rings. The number of hydrogen-bond acceptors (Lipinski definition) is 4. The number of benzene rings is 1. The second kappa shape index (κ2) is 12.1. The number of oxazole rings is 1. The van der Waals surface area contributed by atoms with E-state index in [1.54, 1.807) is 18.3 Å². The van der Waals surface area contributed by atoms with Crippen LogP contribution < -0.4 is 10.6 Å². The number of rotatable bonds is 8. The molecule has 0 aliphatic heterocycles. The number of amides is 1. The van der Waals surface area contributed by atoms with Crippen LogP contribution in [0.5, 0.6) is 0 Å². The van der Waals surface area contributed by atoms with Gasteiger partial charge in [-0.25, -0.2) is 4.98 Å². The highest BCUT2D eigenvalue weighted by atomic mass is 35.5. The molecule has 0 aliphatic rings. The number of halogens is 3. The fourth-order valence-corrected chi connectivity index (χ4v) is 2.30. The molecule has 5 nitrogen and oxygen atoms in total. The Balaban J connectivity index is 0.00000288. The van der Waals surface area contributed by atoms with Crippen LogP contribution >= 0.6 is 36.4 Å². The quantitative estimate of drug-likeness (QED) is 0.695. The first-order valence-corrected chi connectivity index (χ1v) is 8.17. The van der Waals surface area contributed by atoms with E-state index in [0.717, 1.165) is 12.1 Å². The fraction of sp³-hybridized carbons (Fsp3) is 0.412. The molecule has 0 radical (unpaired) electrons. The molecule has 0 fully saturated rings. The maximum atomic E-state index is 11.8. The molecule has 1 atom stereocenters. The van der Waals surface area contributed by atoms with Gasteiger partial charge in [0.05, 0.1) is 6.20 Å². The van der Waals surface area contributed by atoms with E-state index in [9.17, 15) is 4.79 Å². The second-order valence-corrected chi connectivity index (χ2v) is 5.82. The predicted octanol–water partition coefficient (Wildman–Crippen LogP) is 3.89. The summed E-state index contributed by atoms with van der Waals surface area (Å²) in [4.78, 5) is 16.0. The van der Waals surface area contributed by atoms with Crippen LogP contribution in [0.15, 0.2) is 34.9 Å². The summed E-state index contributed by atoms with van der Waals surface area (Å²) in [6.07, 6.45) is 2.51. The summed E-state index contributed by atoms with van der Waals surface area (Å²) < 4.78 is 5.68. The lowest BCUT2D eigenvalue weighted by Crippen LogP contribution is -2.38. The van der Waals surface area contributed by atoms with E-state index in [4.69, 9.17) is 16.0 Å². The maximum Gasteiger partial charge on any atom is 0.220 e. The zero-order valence-corrected chi connectivity index (χ0v) is 16.6. The summed E-state index contributed by atoms with van der Waals surface area (Å²) in [5.74, 6) is 1.24. The molecule has 0 spiro atoms. The van der Waals surface area contributed by atoms with E-state index in [0.29, 0.717) is 36.1 Å². The lowest BCUT2D eigenvalue weighted by atomic mass is 10.2. The lowest BCUT2D eigenvalue weighted by Gasteiger charge is -2.12. The van der Waals surface area contributed by atoms with Crippen molar-refractivity contribution in [2.24, 2.45) is 0 Å². The molecule has 0 unspecified atom stereocenters. The number of nitrogens with one attached hydrogen (secondary N) is 2. The fourth-order valence-electron chi connectivity index (χ4n) is 2.17. The van der Waals surface area contributed by atoms with Crippen molar-refractivity contribution in [3.8, 4) is 11.3 Å². The third-order valence-corrected chi connectivity index (χ3v) is 3.66. The zero-order valence-electron chi connectivity index (χ0n) is 14.3. The Morgan fingerprint density at radius 2 is 1.96 bits per heavy atom. The highest BCUT2D eigenvalue weighted by molar-refractivity contribution is 6.30. The summed E-state index contributed by atoms with van der Waals surface area (Å²) in [5, 5.41) is 6.82. The SMILES string of the molecule is CCN[C@H](C)CNC(=O)CCc1ncc(-c2ccc(Cl)cc2)o1.Cl.Cl. The molecule has 25 heavy (non-hydrogen) atoms. The first kappa shape index (κ1) is 23.7. The Bertz CT molecular complexity index is 632. The summed E-state index contributed by atoms with van der Waals surface area (Å²) in [5.41, 5.74) is 0.914. The standard InChI is InChI=1S/C17H22ClN3O2.2ClH/c1-3-19-12(2)10-20-16(22)8-9-17-21-11-15(23-17)13-4-6-14(18)7-5-13;;/h4-7,11-12,19H,3,8-10H2,1-2H3,(H,20,22);2*1H/t12-;;/m1../s1. The van der Waals surface area contributed by atoms with Crippen LogP contribution in [0.1, 0.15) is 26.2 Å². The molecule has 0 saturated heterocycles. The Morgan fingerprint density at radius 1 is 1.28 bits per heavy atom. The number of nitrogens with zero attached hydrogens (tertiary/aromatic N) is 1. The first-order valence-electron chi connectivity index (χ1n) is 7.79. The van der Waals surface area contributed by atoms with E-state index < -0.39 is 0 Å². The number of carbonyl (C=O) groups excluding carboxylic acids is 1. The predicted molar refractivity (Wildman–Crippen MR) is 106 cm³/mol. The van der Waals surface area contributed by atoms with Crippen molar-refractivity contribution < 1.29 is 9.21 Å². The van der Waals surface area contributed by atoms with E-state index in [2.05, 4.69) is 15.6 Å². The molecule has 0 saturated carbocycles. The van der Waals surface area contributed by atoms with Gasteiger partial charge in [-0.1, -0.05) is 18.5 Å². The second-order valence-electron chi connectivity index (χ2n) is 5.39. The minimum Gasteiger partial charge on any atom is -0.441 e. The third kappa shape index (κ3) is 8.10. The van der Waals surface area contributed by atoms with Gasteiger partial charge in [0.1, 0.15) is 0 Å². The van der Waals surface area contributed by atoms with Crippen LogP contribution in [-0.4, -0.2) is 30.0 Å². The minimum atomic E-state index is 0. The normalized spacial score (nSPS) is 11.2. The molecule has 0 aliphatic carbocycles. The van der Waals surface area contributed by atoms with Crippen molar-refractivity contribution >= 4 is 42.3 Å². The molecule has 2 N–H and O–H groups in total. The average molecular weight is 409 g/mol. The summed E-state index contributed by atoms with van der Waals surface area (Å²) in [6.45, 7) is 5.59. The number of aromatic nitrogens is 1. The molecule has 8 heteroatoms. The Labute approximate surface area is 165 Å². The van der Waals surface area contributed by atoms with Gasteiger partial charge in [-0.15, -0.1) is 24.8 Å². The molecule has 140 valence electrons. The maximum absolute atomic E-state index is 11.8. The van der Waals surface area contributed by atoms with Crippen LogP contribution in [0.25, 0.3) is 11.3 Å². The number of hydrogen-bond donors (Lipinski definition) is 2. The van der Waals surface area contributed by atoms with Gasteiger partial charge in [0, 0.05) is 36.0 Å². The van der Waals surface area contributed by atoms with Gasteiger partial charge >= 0.3 is 0 Å². The van der Waals surface area contributed by atoms with Gasteiger partial charge in [0.25, 0.3) is 0 Å². The molecule has 1 aromatic carbocycles. The highest BCUT2D eigenvalue weighted by Gasteiger charge is 2.09. The van der Waals surface area contributed by atoms with Crippen molar-refractivity contribution in [2.45, 2.75) is 32.7 Å². The van der Waals surface area contributed by atoms with Gasteiger partial charge < -0.3 is 15.1 Å². The summed E-state index contributed by atoms with van der Waals surface area (Å²) >= 11 is 5.87. The van der Waals surface area contributed by atoms with Gasteiger partial charge in [-0.3, -0.25) is 4.79 Å².